The first-order valence-electron chi connectivity index (χ1n) is 11.3. The molecule has 7 nitrogen and oxygen atoms in total. The summed E-state index contributed by atoms with van der Waals surface area (Å²) < 4.78 is 5.32. The van der Waals surface area contributed by atoms with Crippen LogP contribution < -0.4 is 5.32 Å². The fraction of sp³-hybridized carbons (Fsp3) is 0.696. The molecular formula is C23H35N3O4. The third-order valence-corrected chi connectivity index (χ3v) is 6.23. The van der Waals surface area contributed by atoms with Crippen molar-refractivity contribution in [3.05, 3.63) is 22.5 Å². The molecular weight excluding hydrogens is 382 g/mol. The molecule has 2 fully saturated rings. The van der Waals surface area contributed by atoms with Gasteiger partial charge in [-0.15, -0.1) is 0 Å². The maximum Gasteiger partial charge on any atom is 0.340 e. The van der Waals surface area contributed by atoms with Crippen LogP contribution >= 0.6 is 0 Å². The lowest BCUT2D eigenvalue weighted by atomic mass is 9.93. The van der Waals surface area contributed by atoms with Gasteiger partial charge in [0.15, 0.2) is 0 Å². The van der Waals surface area contributed by atoms with E-state index in [1.807, 2.05) is 0 Å². The van der Waals surface area contributed by atoms with Gasteiger partial charge >= 0.3 is 5.97 Å². The second-order valence-electron chi connectivity index (χ2n) is 9.01. The highest BCUT2D eigenvalue weighted by Crippen LogP contribution is 2.25. The average Bonchev–Trinajstić information content (AvgIpc) is 3.01. The number of rotatable bonds is 5. The van der Waals surface area contributed by atoms with E-state index < -0.39 is 5.97 Å². The number of nitrogens with one attached hydrogen (secondary N) is 2. The summed E-state index contributed by atoms with van der Waals surface area (Å²) in [6.07, 6.45) is 7.08. The van der Waals surface area contributed by atoms with Crippen molar-refractivity contribution in [2.45, 2.75) is 84.8 Å². The topological polar surface area (TPSA) is 91.5 Å². The fourth-order valence-electron chi connectivity index (χ4n) is 4.64. The molecule has 0 radical (unpaired) electrons. The third kappa shape index (κ3) is 5.05. The van der Waals surface area contributed by atoms with Gasteiger partial charge in [-0.1, -0.05) is 19.3 Å². The van der Waals surface area contributed by atoms with Crippen molar-refractivity contribution in [1.29, 1.82) is 0 Å². The normalized spacial score (nSPS) is 20.3. The lowest BCUT2D eigenvalue weighted by Gasteiger charge is -2.33. The predicted octanol–water partition coefficient (Wildman–Crippen LogP) is 3.50. The first-order valence-corrected chi connectivity index (χ1v) is 11.3. The number of piperidine rings is 1. The highest BCUT2D eigenvalue weighted by Gasteiger charge is 2.32. The number of H-pyrrole nitrogens is 1. The lowest BCUT2D eigenvalue weighted by Crippen LogP contribution is -2.48. The number of ether oxygens (including phenoxy) is 1. The van der Waals surface area contributed by atoms with Gasteiger partial charge in [0.2, 0.25) is 5.91 Å². The zero-order valence-electron chi connectivity index (χ0n) is 18.7. The molecule has 166 valence electrons. The van der Waals surface area contributed by atoms with Gasteiger partial charge in [0, 0.05) is 24.8 Å². The SMILES string of the molecule is Cc1[nH]c(C(=O)N2CCC[C@H](C(=O)NC3CCCCC3)C2)c(C)c1C(=O)OC(C)C. The van der Waals surface area contributed by atoms with Crippen LogP contribution in [0.2, 0.25) is 0 Å². The van der Waals surface area contributed by atoms with Crippen molar-refractivity contribution >= 4 is 17.8 Å². The molecule has 2 aliphatic rings. The molecule has 1 aromatic heterocycles. The number of aryl methyl sites for hydroxylation is 1. The molecule has 0 aromatic carbocycles. The maximum absolute atomic E-state index is 13.2. The summed E-state index contributed by atoms with van der Waals surface area (Å²) in [6, 6.07) is 0.278. The molecule has 30 heavy (non-hydrogen) atoms. The summed E-state index contributed by atoms with van der Waals surface area (Å²) in [5, 5.41) is 3.20. The minimum atomic E-state index is -0.418. The number of aromatic amines is 1. The van der Waals surface area contributed by atoms with Crippen LogP contribution in [0.15, 0.2) is 0 Å². The van der Waals surface area contributed by atoms with Crippen molar-refractivity contribution in [1.82, 2.24) is 15.2 Å². The average molecular weight is 418 g/mol. The second-order valence-corrected chi connectivity index (χ2v) is 9.01. The van der Waals surface area contributed by atoms with Gasteiger partial charge in [-0.2, -0.15) is 0 Å². The molecule has 1 saturated heterocycles. The first kappa shape index (κ1) is 22.4. The van der Waals surface area contributed by atoms with E-state index in [-0.39, 0.29) is 29.9 Å². The quantitative estimate of drug-likeness (QED) is 0.718. The maximum atomic E-state index is 13.2. The van der Waals surface area contributed by atoms with Crippen molar-refractivity contribution in [2.75, 3.05) is 13.1 Å². The second kappa shape index (κ2) is 9.67. The molecule has 1 aliphatic heterocycles. The number of carbonyl (C=O) groups is 3. The van der Waals surface area contributed by atoms with Gasteiger partial charge in [0.1, 0.15) is 5.69 Å². The molecule has 0 spiro atoms. The summed E-state index contributed by atoms with van der Waals surface area (Å²) in [5.74, 6) is -0.681. The van der Waals surface area contributed by atoms with Gasteiger partial charge in [-0.3, -0.25) is 9.59 Å². The largest absolute Gasteiger partial charge is 0.459 e. The van der Waals surface area contributed by atoms with Crippen molar-refractivity contribution in [3.8, 4) is 0 Å². The van der Waals surface area contributed by atoms with E-state index in [2.05, 4.69) is 10.3 Å². The zero-order chi connectivity index (χ0) is 21.8. The monoisotopic (exact) mass is 417 g/mol. The Hall–Kier alpha value is -2.31. The van der Waals surface area contributed by atoms with Crippen LogP contribution in [-0.4, -0.2) is 52.9 Å². The van der Waals surface area contributed by atoms with Crippen LogP contribution in [0.4, 0.5) is 0 Å². The van der Waals surface area contributed by atoms with E-state index in [4.69, 9.17) is 4.74 Å². The molecule has 1 aromatic rings. The van der Waals surface area contributed by atoms with E-state index in [1.165, 1.54) is 19.3 Å². The lowest BCUT2D eigenvalue weighted by molar-refractivity contribution is -0.127. The van der Waals surface area contributed by atoms with Gasteiger partial charge in [-0.05, 0) is 58.9 Å². The molecule has 0 bridgehead atoms. The molecule has 7 heteroatoms. The van der Waals surface area contributed by atoms with Crippen LogP contribution in [0.25, 0.3) is 0 Å². The van der Waals surface area contributed by atoms with Crippen molar-refractivity contribution in [2.24, 2.45) is 5.92 Å². The Morgan fingerprint density at radius 2 is 1.77 bits per heavy atom. The van der Waals surface area contributed by atoms with Gasteiger partial charge in [0.25, 0.3) is 5.91 Å². The Morgan fingerprint density at radius 3 is 2.43 bits per heavy atom. The minimum Gasteiger partial charge on any atom is -0.459 e. The Kier molecular flexibility index (Phi) is 7.21. The van der Waals surface area contributed by atoms with Crippen LogP contribution in [-0.2, 0) is 9.53 Å². The third-order valence-electron chi connectivity index (χ3n) is 6.23. The molecule has 3 rings (SSSR count). The summed E-state index contributed by atoms with van der Waals surface area (Å²) in [7, 11) is 0. The summed E-state index contributed by atoms with van der Waals surface area (Å²) in [4.78, 5) is 43.2. The molecule has 1 aliphatic carbocycles. The fourth-order valence-corrected chi connectivity index (χ4v) is 4.64. The minimum absolute atomic E-state index is 0.0694. The van der Waals surface area contributed by atoms with Crippen LogP contribution in [0, 0.1) is 19.8 Å². The molecule has 1 saturated carbocycles. The Morgan fingerprint density at radius 1 is 1.07 bits per heavy atom. The number of hydrogen-bond donors (Lipinski definition) is 2. The first-order chi connectivity index (χ1) is 14.3. The van der Waals surface area contributed by atoms with E-state index in [9.17, 15) is 14.4 Å². The highest BCUT2D eigenvalue weighted by atomic mass is 16.5. The smallest absolute Gasteiger partial charge is 0.340 e. The molecule has 2 N–H and O–H groups in total. The summed E-state index contributed by atoms with van der Waals surface area (Å²) in [5.41, 5.74) is 2.08. The number of aromatic nitrogens is 1. The van der Waals surface area contributed by atoms with Crippen LogP contribution in [0.1, 0.15) is 90.9 Å². The van der Waals surface area contributed by atoms with Gasteiger partial charge < -0.3 is 19.9 Å². The predicted molar refractivity (Wildman–Crippen MR) is 114 cm³/mol. The van der Waals surface area contributed by atoms with Crippen LogP contribution in [0.5, 0.6) is 0 Å². The van der Waals surface area contributed by atoms with E-state index in [1.54, 1.807) is 32.6 Å². The summed E-state index contributed by atoms with van der Waals surface area (Å²) in [6.45, 7) is 8.18. The number of nitrogens with zero attached hydrogens (tertiary/aromatic N) is 1. The van der Waals surface area contributed by atoms with E-state index >= 15 is 0 Å². The zero-order valence-corrected chi connectivity index (χ0v) is 18.7. The van der Waals surface area contributed by atoms with Crippen molar-refractivity contribution < 1.29 is 19.1 Å². The number of amides is 2. The highest BCUT2D eigenvalue weighted by molar-refractivity contribution is 6.00. The summed E-state index contributed by atoms with van der Waals surface area (Å²) >= 11 is 0. The number of likely N-dealkylation sites (tertiary alicyclic amines) is 1. The van der Waals surface area contributed by atoms with Gasteiger partial charge in [0.05, 0.1) is 17.6 Å². The number of hydrogen-bond acceptors (Lipinski definition) is 4. The number of carbonyl (C=O) groups excluding carboxylic acids is 3. The molecule has 2 amide bonds. The van der Waals surface area contributed by atoms with Crippen LogP contribution in [0.3, 0.4) is 0 Å². The number of esters is 1. The standard InChI is InChI=1S/C23H35N3O4/c1-14(2)30-23(29)19-15(3)20(24-16(19)4)22(28)26-12-8-9-17(13-26)21(27)25-18-10-6-5-7-11-18/h14,17-18,24H,5-13H2,1-4H3,(H,25,27)/t17-/m0/s1. The molecule has 0 unspecified atom stereocenters. The molecule has 2 heterocycles. The Balaban J connectivity index is 1.67. The molecule has 1 atom stereocenters. The Bertz CT molecular complexity index is 793. The van der Waals surface area contributed by atoms with Gasteiger partial charge in [-0.25, -0.2) is 4.79 Å². The van der Waals surface area contributed by atoms with E-state index in [0.29, 0.717) is 35.6 Å². The van der Waals surface area contributed by atoms with E-state index in [0.717, 1.165) is 25.7 Å². The van der Waals surface area contributed by atoms with Crippen molar-refractivity contribution in [3.63, 3.8) is 0 Å². The Labute approximate surface area is 178 Å².